The monoisotopic (exact) mass is 310 g/mol. The van der Waals surface area contributed by atoms with Crippen molar-refractivity contribution in [2.24, 2.45) is 0 Å². The Morgan fingerprint density at radius 2 is 1.89 bits per heavy atom. The van der Waals surface area contributed by atoms with Crippen LogP contribution < -0.4 is 4.72 Å². The fourth-order valence-corrected chi connectivity index (χ4v) is 3.68. The number of carbonyl (C=O) groups excluding carboxylic acids is 1. The average molecular weight is 311 g/mol. The molecular formula is C12H23ClN2O3S. The van der Waals surface area contributed by atoms with Crippen LogP contribution in [0.1, 0.15) is 39.0 Å². The zero-order valence-corrected chi connectivity index (χ0v) is 13.0. The third-order valence-corrected chi connectivity index (χ3v) is 5.00. The van der Waals surface area contributed by atoms with Crippen molar-refractivity contribution in [2.45, 2.75) is 45.1 Å². The Kier molecular flexibility index (Phi) is 7.10. The number of piperidine rings is 1. The zero-order chi connectivity index (χ0) is 14.3. The summed E-state index contributed by atoms with van der Waals surface area (Å²) in [5.41, 5.74) is 0. The molecule has 0 aromatic carbocycles. The number of likely N-dealkylation sites (tertiary alicyclic amines) is 1. The van der Waals surface area contributed by atoms with Crippen molar-refractivity contribution in [3.05, 3.63) is 0 Å². The van der Waals surface area contributed by atoms with Gasteiger partial charge in [-0.1, -0.05) is 0 Å². The van der Waals surface area contributed by atoms with Crippen molar-refractivity contribution < 1.29 is 13.2 Å². The number of halogens is 1. The van der Waals surface area contributed by atoms with Gasteiger partial charge in [0.25, 0.3) is 0 Å². The van der Waals surface area contributed by atoms with Gasteiger partial charge in [0.2, 0.25) is 15.9 Å². The number of amides is 1. The molecule has 5 nitrogen and oxygen atoms in total. The van der Waals surface area contributed by atoms with E-state index in [-0.39, 0.29) is 11.7 Å². The summed E-state index contributed by atoms with van der Waals surface area (Å²) in [6.45, 7) is 3.07. The highest BCUT2D eigenvalue weighted by Gasteiger charge is 2.25. The second kappa shape index (κ2) is 8.07. The largest absolute Gasteiger partial charge is 0.341 e. The number of carbonyl (C=O) groups is 1. The molecule has 0 spiro atoms. The summed E-state index contributed by atoms with van der Waals surface area (Å²) in [6.07, 6.45) is 4.32. The second-order valence-electron chi connectivity index (χ2n) is 4.94. The topological polar surface area (TPSA) is 66.5 Å². The summed E-state index contributed by atoms with van der Waals surface area (Å²) in [5.74, 6) is 0.357. The molecule has 1 fully saturated rings. The summed E-state index contributed by atoms with van der Waals surface area (Å²) < 4.78 is 26.0. The fourth-order valence-electron chi connectivity index (χ4n) is 2.15. The van der Waals surface area contributed by atoms with Gasteiger partial charge in [0, 0.05) is 19.0 Å². The van der Waals surface area contributed by atoms with Crippen LogP contribution in [0.25, 0.3) is 0 Å². The number of alkyl halides is 1. The molecule has 1 atom stereocenters. The van der Waals surface area contributed by atoms with E-state index in [1.54, 1.807) is 11.8 Å². The first kappa shape index (κ1) is 16.7. The van der Waals surface area contributed by atoms with Gasteiger partial charge in [-0.05, 0) is 39.0 Å². The minimum Gasteiger partial charge on any atom is -0.341 e. The van der Waals surface area contributed by atoms with Gasteiger partial charge in [0.05, 0.1) is 11.8 Å². The lowest BCUT2D eigenvalue weighted by Gasteiger charge is -2.29. The van der Waals surface area contributed by atoms with E-state index in [1.165, 1.54) is 0 Å². The molecular weight excluding hydrogens is 288 g/mol. The number of nitrogens with one attached hydrogen (secondary N) is 1. The maximum atomic E-state index is 12.1. The first-order valence-electron chi connectivity index (χ1n) is 6.81. The minimum absolute atomic E-state index is 0.0251. The van der Waals surface area contributed by atoms with E-state index in [1.807, 2.05) is 0 Å². The van der Waals surface area contributed by atoms with Crippen LogP contribution in [0.2, 0.25) is 0 Å². The number of sulfonamides is 1. The van der Waals surface area contributed by atoms with Gasteiger partial charge in [-0.15, -0.1) is 11.6 Å². The minimum atomic E-state index is -3.39. The van der Waals surface area contributed by atoms with Gasteiger partial charge in [-0.25, -0.2) is 13.1 Å². The van der Waals surface area contributed by atoms with Crippen molar-refractivity contribution in [1.82, 2.24) is 9.62 Å². The van der Waals surface area contributed by atoms with Crippen molar-refractivity contribution in [3.63, 3.8) is 0 Å². The molecule has 1 aliphatic heterocycles. The normalized spacial score (nSPS) is 18.3. The van der Waals surface area contributed by atoms with Gasteiger partial charge in [-0.3, -0.25) is 4.79 Å². The molecule has 1 rings (SSSR count). The van der Waals surface area contributed by atoms with Crippen molar-refractivity contribution >= 4 is 27.5 Å². The van der Waals surface area contributed by atoms with Crippen LogP contribution in [-0.4, -0.2) is 50.0 Å². The van der Waals surface area contributed by atoms with Crippen LogP contribution in [0, 0.1) is 0 Å². The Labute approximate surface area is 120 Å². The molecule has 1 amide bonds. The molecule has 0 bridgehead atoms. The van der Waals surface area contributed by atoms with Crippen LogP contribution >= 0.6 is 11.6 Å². The predicted molar refractivity (Wildman–Crippen MR) is 76.8 cm³/mol. The van der Waals surface area contributed by atoms with Gasteiger partial charge >= 0.3 is 0 Å². The Hall–Kier alpha value is -0.330. The summed E-state index contributed by atoms with van der Waals surface area (Å²) in [7, 11) is -3.39. The second-order valence-corrected chi connectivity index (χ2v) is 7.19. The van der Waals surface area contributed by atoms with E-state index in [4.69, 9.17) is 11.6 Å². The maximum absolute atomic E-state index is 12.1. The van der Waals surface area contributed by atoms with Crippen molar-refractivity contribution in [2.75, 3.05) is 24.7 Å². The molecule has 1 heterocycles. The molecule has 0 aromatic rings. The van der Waals surface area contributed by atoms with E-state index in [0.717, 1.165) is 32.4 Å². The van der Waals surface area contributed by atoms with E-state index in [2.05, 4.69) is 4.72 Å². The molecule has 0 aromatic heterocycles. The molecule has 0 aliphatic carbocycles. The van der Waals surface area contributed by atoms with E-state index < -0.39 is 16.1 Å². The zero-order valence-electron chi connectivity index (χ0n) is 11.4. The smallest absolute Gasteiger partial charge is 0.240 e. The maximum Gasteiger partial charge on any atom is 0.240 e. The molecule has 19 heavy (non-hydrogen) atoms. The highest BCUT2D eigenvalue weighted by molar-refractivity contribution is 7.89. The summed E-state index contributed by atoms with van der Waals surface area (Å²) in [6, 6.07) is -0.681. The Balaban J connectivity index is 2.43. The van der Waals surface area contributed by atoms with Gasteiger partial charge in [0.1, 0.15) is 0 Å². The summed E-state index contributed by atoms with van der Waals surface area (Å²) >= 11 is 5.51. The third kappa shape index (κ3) is 6.10. The van der Waals surface area contributed by atoms with Crippen molar-refractivity contribution in [3.8, 4) is 0 Å². The fraction of sp³-hybridized carbons (Fsp3) is 0.917. The lowest BCUT2D eigenvalue weighted by atomic mass is 10.1. The van der Waals surface area contributed by atoms with E-state index in [9.17, 15) is 13.2 Å². The van der Waals surface area contributed by atoms with Gasteiger partial charge in [0.15, 0.2) is 0 Å². The highest BCUT2D eigenvalue weighted by Crippen LogP contribution is 2.10. The average Bonchev–Trinajstić information content (AvgIpc) is 2.38. The first-order chi connectivity index (χ1) is 8.96. The van der Waals surface area contributed by atoms with Gasteiger partial charge < -0.3 is 4.90 Å². The Morgan fingerprint density at radius 3 is 2.47 bits per heavy atom. The molecule has 0 saturated carbocycles. The number of rotatable bonds is 7. The first-order valence-corrected chi connectivity index (χ1v) is 9.00. The highest BCUT2D eigenvalue weighted by atomic mass is 35.5. The molecule has 7 heteroatoms. The molecule has 1 N–H and O–H groups in total. The molecule has 1 saturated heterocycles. The molecule has 1 unspecified atom stereocenters. The quantitative estimate of drug-likeness (QED) is 0.570. The standard InChI is InChI=1S/C12H23ClN2O3S/c1-11(12(16)15-8-4-2-5-9-15)14-19(17,18)10-6-3-7-13/h11,14H,2-10H2,1H3. The predicted octanol–water partition coefficient (Wildman–Crippen LogP) is 1.33. The lowest BCUT2D eigenvalue weighted by Crippen LogP contribution is -2.48. The molecule has 112 valence electrons. The number of unbranched alkanes of at least 4 members (excludes halogenated alkanes) is 1. The summed E-state index contributed by atoms with van der Waals surface area (Å²) in [4.78, 5) is 13.8. The van der Waals surface area contributed by atoms with Crippen LogP contribution in [-0.2, 0) is 14.8 Å². The Bertz CT molecular complexity index is 380. The lowest BCUT2D eigenvalue weighted by molar-refractivity contribution is -0.133. The van der Waals surface area contributed by atoms with Crippen molar-refractivity contribution in [1.29, 1.82) is 0 Å². The van der Waals surface area contributed by atoms with Gasteiger partial charge in [-0.2, -0.15) is 0 Å². The van der Waals surface area contributed by atoms with E-state index in [0.29, 0.717) is 18.7 Å². The number of hydrogen-bond acceptors (Lipinski definition) is 3. The van der Waals surface area contributed by atoms with Crippen LogP contribution in [0.3, 0.4) is 0 Å². The number of nitrogens with zero attached hydrogens (tertiary/aromatic N) is 1. The SMILES string of the molecule is CC(NS(=O)(=O)CCCCCl)C(=O)N1CCCCC1. The van der Waals surface area contributed by atoms with Crippen LogP contribution in [0.5, 0.6) is 0 Å². The molecule has 1 aliphatic rings. The third-order valence-electron chi connectivity index (χ3n) is 3.19. The molecule has 0 radical (unpaired) electrons. The van der Waals surface area contributed by atoms with E-state index >= 15 is 0 Å². The Morgan fingerprint density at radius 1 is 1.26 bits per heavy atom. The van der Waals surface area contributed by atoms with Crippen LogP contribution in [0.15, 0.2) is 0 Å². The van der Waals surface area contributed by atoms with Crippen LogP contribution in [0.4, 0.5) is 0 Å². The number of hydrogen-bond donors (Lipinski definition) is 1. The summed E-state index contributed by atoms with van der Waals surface area (Å²) in [5, 5.41) is 0.